The summed E-state index contributed by atoms with van der Waals surface area (Å²) < 4.78 is 0. The molecule has 0 aliphatic carbocycles. The molecular weight excluding hydrogens is 224 g/mol. The molecule has 7 nitrogen and oxygen atoms in total. The Morgan fingerprint density at radius 3 is 2.76 bits per heavy atom. The van der Waals surface area contributed by atoms with E-state index < -0.39 is 5.97 Å². The van der Waals surface area contributed by atoms with E-state index in [9.17, 15) is 9.59 Å². The highest BCUT2D eigenvalue weighted by Crippen LogP contribution is 2.16. The van der Waals surface area contributed by atoms with Gasteiger partial charge in [-0.15, -0.1) is 5.10 Å². The van der Waals surface area contributed by atoms with Gasteiger partial charge in [0.05, 0.1) is 0 Å². The lowest BCUT2D eigenvalue weighted by Crippen LogP contribution is -2.17. The first-order valence-corrected chi connectivity index (χ1v) is 4.88. The normalized spacial score (nSPS) is 10.2. The maximum absolute atomic E-state index is 10.9. The predicted molar refractivity (Wildman–Crippen MR) is 59.1 cm³/mol. The van der Waals surface area contributed by atoms with Crippen LogP contribution in [0.5, 0.6) is 0 Å². The molecule has 0 saturated heterocycles. The fourth-order valence-corrected chi connectivity index (χ4v) is 1.37. The van der Waals surface area contributed by atoms with Crippen LogP contribution >= 0.6 is 0 Å². The highest BCUT2D eigenvalue weighted by molar-refractivity contribution is 5.91. The van der Waals surface area contributed by atoms with E-state index in [0.29, 0.717) is 16.7 Å². The third-order valence-corrected chi connectivity index (χ3v) is 1.95. The van der Waals surface area contributed by atoms with Crippen LogP contribution in [0.25, 0.3) is 11.0 Å². The van der Waals surface area contributed by atoms with Gasteiger partial charge in [0.2, 0.25) is 5.91 Å². The highest BCUT2D eigenvalue weighted by atomic mass is 16.7. The lowest BCUT2D eigenvalue weighted by molar-refractivity contribution is -0.142. The molecule has 0 aliphatic rings. The Morgan fingerprint density at radius 2 is 2.12 bits per heavy atom. The molecule has 1 amide bonds. The van der Waals surface area contributed by atoms with Gasteiger partial charge >= 0.3 is 5.97 Å². The third-order valence-electron chi connectivity index (χ3n) is 1.95. The van der Waals surface area contributed by atoms with Crippen molar-refractivity contribution in [3.8, 4) is 0 Å². The summed E-state index contributed by atoms with van der Waals surface area (Å²) in [7, 11) is 0. The van der Waals surface area contributed by atoms with E-state index in [2.05, 4.69) is 15.6 Å². The van der Waals surface area contributed by atoms with Crippen LogP contribution in [0.1, 0.15) is 13.8 Å². The fourth-order valence-electron chi connectivity index (χ4n) is 1.37. The molecule has 0 atom stereocenters. The second-order valence-corrected chi connectivity index (χ2v) is 3.43. The van der Waals surface area contributed by atoms with E-state index in [1.807, 2.05) is 0 Å². The minimum absolute atomic E-state index is 0.170. The lowest BCUT2D eigenvalue weighted by Gasteiger charge is -2.02. The summed E-state index contributed by atoms with van der Waals surface area (Å²) >= 11 is 0. The Balaban J connectivity index is 2.37. The Kier molecular flexibility index (Phi) is 2.73. The maximum atomic E-state index is 10.9. The molecule has 17 heavy (non-hydrogen) atoms. The van der Waals surface area contributed by atoms with Crippen LogP contribution in [0, 0.1) is 0 Å². The maximum Gasteiger partial charge on any atom is 0.332 e. The largest absolute Gasteiger partial charge is 0.332 e. The number of hydrogen-bond acceptors (Lipinski definition) is 5. The van der Waals surface area contributed by atoms with E-state index in [1.54, 1.807) is 18.2 Å². The number of carbonyl (C=O) groups excluding carboxylic acids is 2. The fraction of sp³-hybridized carbons (Fsp3) is 0.200. The molecule has 1 heterocycles. The van der Waals surface area contributed by atoms with Crippen molar-refractivity contribution >= 4 is 28.6 Å². The number of hydrogen-bond donors (Lipinski definition) is 1. The number of rotatable bonds is 2. The van der Waals surface area contributed by atoms with Gasteiger partial charge in [-0.3, -0.25) is 4.79 Å². The summed E-state index contributed by atoms with van der Waals surface area (Å²) in [5.41, 5.74) is 1.69. The summed E-state index contributed by atoms with van der Waals surface area (Å²) in [5.74, 6) is -0.653. The molecule has 2 rings (SSSR count). The van der Waals surface area contributed by atoms with Gasteiger partial charge in [-0.1, -0.05) is 4.85 Å². The smallest absolute Gasteiger partial charge is 0.326 e. The molecule has 0 aliphatic heterocycles. The van der Waals surface area contributed by atoms with Crippen molar-refractivity contribution in [3.63, 3.8) is 0 Å². The van der Waals surface area contributed by atoms with Gasteiger partial charge in [0.25, 0.3) is 0 Å². The number of anilines is 1. The van der Waals surface area contributed by atoms with Gasteiger partial charge in [-0.2, -0.15) is 0 Å². The van der Waals surface area contributed by atoms with Crippen LogP contribution in [-0.2, 0) is 9.59 Å². The van der Waals surface area contributed by atoms with Crippen LogP contribution < -0.4 is 10.2 Å². The third kappa shape index (κ3) is 2.39. The highest BCUT2D eigenvalue weighted by Gasteiger charge is 2.08. The molecule has 0 fully saturated rings. The van der Waals surface area contributed by atoms with Crippen molar-refractivity contribution in [3.05, 3.63) is 18.2 Å². The average Bonchev–Trinajstić information content (AvgIpc) is 2.59. The summed E-state index contributed by atoms with van der Waals surface area (Å²) in [6.07, 6.45) is 0. The Bertz CT molecular complexity index is 590. The van der Waals surface area contributed by atoms with Crippen molar-refractivity contribution in [2.45, 2.75) is 13.8 Å². The predicted octanol–water partition coefficient (Wildman–Crippen LogP) is 0.365. The summed E-state index contributed by atoms with van der Waals surface area (Å²) in [6.45, 7) is 2.69. The monoisotopic (exact) mass is 234 g/mol. The Hall–Kier alpha value is -2.44. The van der Waals surface area contributed by atoms with Gasteiger partial charge in [0.15, 0.2) is 0 Å². The van der Waals surface area contributed by atoms with E-state index >= 15 is 0 Å². The van der Waals surface area contributed by atoms with E-state index in [4.69, 9.17) is 4.84 Å². The molecule has 0 bridgehead atoms. The topological polar surface area (TPSA) is 86.1 Å². The SMILES string of the molecule is CC(=O)Nc1ccc2c(c1)nnn2OC(C)=O. The van der Waals surface area contributed by atoms with Gasteiger partial charge in [-0.25, -0.2) is 4.79 Å². The van der Waals surface area contributed by atoms with Crippen molar-refractivity contribution in [2.24, 2.45) is 0 Å². The molecule has 1 aromatic heterocycles. The number of fused-ring (bicyclic) bond motifs is 1. The summed E-state index contributed by atoms with van der Waals surface area (Å²) in [4.78, 5) is 27.5. The van der Waals surface area contributed by atoms with Gasteiger partial charge < -0.3 is 10.2 Å². The Labute approximate surface area is 96.3 Å². The van der Waals surface area contributed by atoms with Crippen molar-refractivity contribution in [1.82, 2.24) is 15.2 Å². The number of nitrogens with zero attached hydrogens (tertiary/aromatic N) is 3. The molecule has 1 N–H and O–H groups in total. The van der Waals surface area contributed by atoms with Crippen molar-refractivity contribution in [2.75, 3.05) is 5.32 Å². The molecule has 0 radical (unpaired) electrons. The molecule has 0 saturated carbocycles. The molecule has 0 unspecified atom stereocenters. The summed E-state index contributed by atoms with van der Waals surface area (Å²) in [6, 6.07) is 4.97. The number of carbonyl (C=O) groups is 2. The average molecular weight is 234 g/mol. The number of aromatic nitrogens is 3. The zero-order valence-corrected chi connectivity index (χ0v) is 9.30. The van der Waals surface area contributed by atoms with Crippen LogP contribution in [-0.4, -0.2) is 27.0 Å². The van der Waals surface area contributed by atoms with Crippen LogP contribution in [0.2, 0.25) is 0 Å². The minimum atomic E-state index is -0.484. The van der Waals surface area contributed by atoms with Crippen LogP contribution in [0.4, 0.5) is 5.69 Å². The first-order chi connectivity index (χ1) is 8.06. The second-order valence-electron chi connectivity index (χ2n) is 3.43. The first kappa shape index (κ1) is 11.1. The summed E-state index contributed by atoms with van der Waals surface area (Å²) in [5, 5.41) is 10.1. The van der Waals surface area contributed by atoms with E-state index in [0.717, 1.165) is 4.85 Å². The number of nitrogens with one attached hydrogen (secondary N) is 1. The van der Waals surface area contributed by atoms with Crippen LogP contribution in [0.3, 0.4) is 0 Å². The molecule has 1 aromatic carbocycles. The van der Waals surface area contributed by atoms with Gasteiger partial charge in [0, 0.05) is 19.5 Å². The lowest BCUT2D eigenvalue weighted by atomic mass is 10.3. The van der Waals surface area contributed by atoms with E-state index in [1.165, 1.54) is 13.8 Å². The van der Waals surface area contributed by atoms with Crippen molar-refractivity contribution < 1.29 is 14.4 Å². The molecular formula is C10H10N4O3. The number of benzene rings is 1. The molecule has 0 spiro atoms. The van der Waals surface area contributed by atoms with E-state index in [-0.39, 0.29) is 5.91 Å². The van der Waals surface area contributed by atoms with Gasteiger partial charge in [0.1, 0.15) is 11.0 Å². The number of amides is 1. The molecule has 7 heteroatoms. The quantitative estimate of drug-likeness (QED) is 0.758. The minimum Gasteiger partial charge on any atom is -0.326 e. The first-order valence-electron chi connectivity index (χ1n) is 4.88. The molecule has 88 valence electrons. The zero-order chi connectivity index (χ0) is 12.4. The van der Waals surface area contributed by atoms with Crippen LogP contribution in [0.15, 0.2) is 18.2 Å². The standard InChI is InChI=1S/C10H10N4O3/c1-6(15)11-8-3-4-10-9(5-8)12-13-14(10)17-7(2)16/h3-5H,1-2H3,(H,11,15). The second kappa shape index (κ2) is 4.20. The van der Waals surface area contributed by atoms with Gasteiger partial charge in [-0.05, 0) is 23.4 Å². The zero-order valence-electron chi connectivity index (χ0n) is 9.30. The Morgan fingerprint density at radius 1 is 1.35 bits per heavy atom. The molecule has 2 aromatic rings. The van der Waals surface area contributed by atoms with Crippen molar-refractivity contribution in [1.29, 1.82) is 0 Å².